The zero-order valence-electron chi connectivity index (χ0n) is 9.79. The van der Waals surface area contributed by atoms with Gasteiger partial charge in [0.05, 0.1) is 0 Å². The standard InChI is InChI=1S/C6H7N.C5H8.C3H6.CH4/c1-5-3-4-7-6(5)2;1-3-5-4-2;1-3-2;/h3-4,7H,1-2H2;3-5H,1H2,2H3;3H,1H2,2H3;1H4. The molecule has 90 valence electrons. The predicted molar refractivity (Wildman–Crippen MR) is 78.7 cm³/mol. The Morgan fingerprint density at radius 2 is 1.69 bits per heavy atom. The SMILES string of the molecule is C.C=CC.C=CC=CC.C=c1cc[nH]c1=C. The maximum absolute atomic E-state index is 3.69. The minimum atomic E-state index is 0. The number of hydrogen-bond acceptors (Lipinski definition) is 0. The predicted octanol–water partition coefficient (Wildman–Crippen LogP) is 3.41. The second-order valence-corrected chi connectivity index (χ2v) is 2.65. The van der Waals surface area contributed by atoms with E-state index >= 15 is 0 Å². The summed E-state index contributed by atoms with van der Waals surface area (Å²) in [7, 11) is 0. The zero-order chi connectivity index (χ0) is 12.1. The molecule has 1 aromatic heterocycles. The van der Waals surface area contributed by atoms with Gasteiger partial charge >= 0.3 is 0 Å². The summed E-state index contributed by atoms with van der Waals surface area (Å²) in [6, 6.07) is 1.89. The Morgan fingerprint density at radius 3 is 1.75 bits per heavy atom. The van der Waals surface area contributed by atoms with Crippen LogP contribution in [0.25, 0.3) is 13.2 Å². The maximum atomic E-state index is 3.69. The van der Waals surface area contributed by atoms with E-state index in [2.05, 4.69) is 31.3 Å². The van der Waals surface area contributed by atoms with Crippen LogP contribution in [-0.2, 0) is 0 Å². The molecule has 0 radical (unpaired) electrons. The van der Waals surface area contributed by atoms with Crippen LogP contribution in [0.5, 0.6) is 0 Å². The van der Waals surface area contributed by atoms with Gasteiger partial charge in [0.1, 0.15) is 0 Å². The summed E-state index contributed by atoms with van der Waals surface area (Å²) < 4.78 is 0. The van der Waals surface area contributed by atoms with Crippen LogP contribution in [0.4, 0.5) is 0 Å². The van der Waals surface area contributed by atoms with Gasteiger partial charge < -0.3 is 4.98 Å². The molecule has 0 unspecified atom stereocenters. The van der Waals surface area contributed by atoms with Gasteiger partial charge in [0.25, 0.3) is 0 Å². The van der Waals surface area contributed by atoms with Crippen molar-refractivity contribution in [2.75, 3.05) is 0 Å². The second kappa shape index (κ2) is 15.7. The van der Waals surface area contributed by atoms with Crippen molar-refractivity contribution in [1.29, 1.82) is 0 Å². The fraction of sp³-hybridized carbons (Fsp3) is 0.200. The largest absolute Gasteiger partial charge is 0.362 e. The van der Waals surface area contributed by atoms with Crippen LogP contribution in [-0.4, -0.2) is 4.98 Å². The normalized spacial score (nSPS) is 7.62. The molecule has 1 N–H and O–H groups in total. The molecular formula is C15H25N. The van der Waals surface area contributed by atoms with Crippen molar-refractivity contribution in [1.82, 2.24) is 4.98 Å². The molecule has 1 aromatic rings. The average molecular weight is 219 g/mol. The highest BCUT2D eigenvalue weighted by Gasteiger charge is 1.71. The minimum Gasteiger partial charge on any atom is -0.362 e. The van der Waals surface area contributed by atoms with E-state index in [4.69, 9.17) is 0 Å². The number of allylic oxidation sites excluding steroid dienone is 4. The summed E-state index contributed by atoms with van der Waals surface area (Å²) in [6.45, 7) is 18.0. The topological polar surface area (TPSA) is 15.8 Å². The van der Waals surface area contributed by atoms with Gasteiger partial charge in [-0.25, -0.2) is 0 Å². The summed E-state index contributed by atoms with van der Waals surface area (Å²) in [6.07, 6.45) is 9.15. The highest BCUT2D eigenvalue weighted by molar-refractivity contribution is 5.09. The van der Waals surface area contributed by atoms with Crippen molar-refractivity contribution in [3.8, 4) is 0 Å². The lowest BCUT2D eigenvalue weighted by molar-refractivity contribution is 1.33. The van der Waals surface area contributed by atoms with Gasteiger partial charge in [-0.3, -0.25) is 0 Å². The molecule has 0 saturated heterocycles. The van der Waals surface area contributed by atoms with Crippen LogP contribution in [0.1, 0.15) is 21.3 Å². The Hall–Kier alpha value is -1.76. The summed E-state index contributed by atoms with van der Waals surface area (Å²) in [5, 5.41) is 1.88. The van der Waals surface area contributed by atoms with Gasteiger partial charge in [-0.05, 0) is 25.1 Å². The van der Waals surface area contributed by atoms with E-state index in [1.807, 2.05) is 38.3 Å². The smallest absolute Gasteiger partial charge is 0.0374 e. The Kier molecular flexibility index (Phi) is 19.4. The van der Waals surface area contributed by atoms with Crippen LogP contribution in [0.15, 0.2) is 49.7 Å². The summed E-state index contributed by atoms with van der Waals surface area (Å²) in [4.78, 5) is 2.89. The molecule has 0 atom stereocenters. The molecule has 0 saturated carbocycles. The van der Waals surface area contributed by atoms with Gasteiger partial charge in [0.15, 0.2) is 0 Å². The zero-order valence-corrected chi connectivity index (χ0v) is 9.79. The molecule has 0 fully saturated rings. The molecule has 1 heterocycles. The first-order valence-corrected chi connectivity index (χ1v) is 4.76. The lowest BCUT2D eigenvalue weighted by atomic mass is 10.5. The van der Waals surface area contributed by atoms with Crippen molar-refractivity contribution in [3.63, 3.8) is 0 Å². The molecule has 0 aliphatic heterocycles. The van der Waals surface area contributed by atoms with Gasteiger partial charge in [0, 0.05) is 11.5 Å². The van der Waals surface area contributed by atoms with Crippen molar-refractivity contribution in [2.24, 2.45) is 0 Å². The Morgan fingerprint density at radius 1 is 1.19 bits per heavy atom. The Balaban J connectivity index is -0.000000168. The fourth-order valence-corrected chi connectivity index (χ4v) is 0.572. The first kappa shape index (κ1) is 19.8. The molecular weight excluding hydrogens is 194 g/mol. The number of H-pyrrole nitrogens is 1. The van der Waals surface area contributed by atoms with Gasteiger partial charge in [-0.15, -0.1) is 6.58 Å². The summed E-state index contributed by atoms with van der Waals surface area (Å²) in [5.74, 6) is 0. The van der Waals surface area contributed by atoms with E-state index in [0.29, 0.717) is 0 Å². The van der Waals surface area contributed by atoms with E-state index < -0.39 is 0 Å². The molecule has 0 aliphatic carbocycles. The van der Waals surface area contributed by atoms with E-state index in [0.717, 1.165) is 10.6 Å². The summed E-state index contributed by atoms with van der Waals surface area (Å²) in [5.41, 5.74) is 0. The van der Waals surface area contributed by atoms with Crippen molar-refractivity contribution < 1.29 is 0 Å². The van der Waals surface area contributed by atoms with Crippen LogP contribution in [0, 0.1) is 0 Å². The molecule has 1 heteroatoms. The monoisotopic (exact) mass is 219 g/mol. The van der Waals surface area contributed by atoms with Crippen molar-refractivity contribution in [2.45, 2.75) is 21.3 Å². The molecule has 0 spiro atoms. The molecule has 1 nitrogen and oxygen atoms in total. The third-order valence-electron chi connectivity index (χ3n) is 1.26. The minimum absolute atomic E-state index is 0. The van der Waals surface area contributed by atoms with Crippen molar-refractivity contribution >= 4 is 13.2 Å². The first-order valence-electron chi connectivity index (χ1n) is 4.76. The van der Waals surface area contributed by atoms with E-state index in [-0.39, 0.29) is 7.43 Å². The first-order chi connectivity index (χ1) is 7.13. The van der Waals surface area contributed by atoms with Crippen molar-refractivity contribution in [3.05, 3.63) is 60.3 Å². The number of rotatable bonds is 1. The molecule has 0 amide bonds. The van der Waals surface area contributed by atoms with E-state index in [9.17, 15) is 0 Å². The van der Waals surface area contributed by atoms with Crippen LogP contribution >= 0.6 is 0 Å². The summed E-state index contributed by atoms with van der Waals surface area (Å²) >= 11 is 0. The van der Waals surface area contributed by atoms with Crippen LogP contribution in [0.3, 0.4) is 0 Å². The lowest BCUT2D eigenvalue weighted by Gasteiger charge is -1.62. The molecule has 1 rings (SSSR count). The second-order valence-electron chi connectivity index (χ2n) is 2.65. The Labute approximate surface area is 100 Å². The molecule has 0 bridgehead atoms. The molecule has 0 aromatic carbocycles. The number of aromatic amines is 1. The third-order valence-corrected chi connectivity index (χ3v) is 1.26. The van der Waals surface area contributed by atoms with Gasteiger partial charge in [-0.2, -0.15) is 0 Å². The average Bonchev–Trinajstić information content (AvgIpc) is 2.55. The highest BCUT2D eigenvalue weighted by atomic mass is 14.6. The lowest BCUT2D eigenvalue weighted by Crippen LogP contribution is -2.17. The number of hydrogen-bond donors (Lipinski definition) is 1. The van der Waals surface area contributed by atoms with E-state index in [1.165, 1.54) is 0 Å². The maximum Gasteiger partial charge on any atom is 0.0374 e. The van der Waals surface area contributed by atoms with E-state index in [1.54, 1.807) is 12.2 Å². The number of nitrogens with one attached hydrogen (secondary N) is 1. The Bertz CT molecular complexity index is 344. The van der Waals surface area contributed by atoms with Crippen LogP contribution < -0.4 is 10.6 Å². The van der Waals surface area contributed by atoms with Crippen LogP contribution in [0.2, 0.25) is 0 Å². The molecule has 16 heavy (non-hydrogen) atoms. The quantitative estimate of drug-likeness (QED) is 0.550. The molecule has 0 aliphatic rings. The fourth-order valence-electron chi connectivity index (χ4n) is 0.572. The van der Waals surface area contributed by atoms with Gasteiger partial charge in [0.2, 0.25) is 0 Å². The third kappa shape index (κ3) is 14.7. The van der Waals surface area contributed by atoms with Gasteiger partial charge in [-0.1, -0.05) is 51.5 Å². The number of aromatic nitrogens is 1. The highest BCUT2D eigenvalue weighted by Crippen LogP contribution is 1.64.